The molecule has 0 bridgehead atoms. The monoisotopic (exact) mass is 296 g/mol. The Balaban J connectivity index is 1.59. The van der Waals surface area contributed by atoms with Crippen LogP contribution < -0.4 is 5.32 Å². The van der Waals surface area contributed by atoms with E-state index in [0.717, 1.165) is 46.6 Å². The van der Waals surface area contributed by atoms with Crippen LogP contribution in [0.25, 0.3) is 10.1 Å². The van der Waals surface area contributed by atoms with Crippen LogP contribution in [0.2, 0.25) is 0 Å². The number of unbranched alkanes of at least 4 members (excludes halogenated alkanes) is 1. The Morgan fingerprint density at radius 1 is 1.29 bits per heavy atom. The molecule has 0 amide bonds. The largest absolute Gasteiger partial charge is 0.383 e. The first-order valence-electron chi connectivity index (χ1n) is 7.00. The van der Waals surface area contributed by atoms with E-state index < -0.39 is 0 Å². The molecule has 0 aliphatic rings. The fourth-order valence-corrected chi connectivity index (χ4v) is 3.33. The fraction of sp³-hybridized carbons (Fsp3) is 0.250. The van der Waals surface area contributed by atoms with Gasteiger partial charge in [-0.2, -0.15) is 5.26 Å². The molecule has 2 aromatic heterocycles. The Bertz CT molecular complexity index is 752. The van der Waals surface area contributed by atoms with E-state index in [1.165, 1.54) is 0 Å². The van der Waals surface area contributed by atoms with Gasteiger partial charge in [0, 0.05) is 35.6 Å². The Morgan fingerprint density at radius 3 is 3.00 bits per heavy atom. The van der Waals surface area contributed by atoms with E-state index in [1.807, 2.05) is 24.7 Å². The summed E-state index contributed by atoms with van der Waals surface area (Å²) < 4.78 is 3.25. The lowest BCUT2D eigenvalue weighted by Gasteiger charge is -2.06. The maximum Gasteiger partial charge on any atom is 0.129 e. The summed E-state index contributed by atoms with van der Waals surface area (Å²) in [4.78, 5) is 4.80. The van der Waals surface area contributed by atoms with Gasteiger partial charge in [0.25, 0.3) is 0 Å². The van der Waals surface area contributed by atoms with Crippen molar-refractivity contribution in [2.45, 2.75) is 19.4 Å². The van der Waals surface area contributed by atoms with E-state index in [0.29, 0.717) is 0 Å². The zero-order chi connectivity index (χ0) is 14.5. The highest BCUT2D eigenvalue weighted by Crippen LogP contribution is 2.34. The van der Waals surface area contributed by atoms with Gasteiger partial charge in [-0.25, -0.2) is 4.98 Å². The van der Waals surface area contributed by atoms with Gasteiger partial charge in [-0.1, -0.05) is 18.2 Å². The normalized spacial score (nSPS) is 10.6. The molecule has 0 fully saturated rings. The van der Waals surface area contributed by atoms with Crippen LogP contribution in [0.3, 0.4) is 0 Å². The molecule has 0 unspecified atom stereocenters. The van der Waals surface area contributed by atoms with Crippen molar-refractivity contribution in [1.82, 2.24) is 9.55 Å². The SMILES string of the molecule is N#Cc1sc2ccccc2c1NCCCCn1ccnc1. The second-order valence-electron chi connectivity index (χ2n) is 4.85. The zero-order valence-electron chi connectivity index (χ0n) is 11.6. The van der Waals surface area contributed by atoms with E-state index in [9.17, 15) is 5.26 Å². The van der Waals surface area contributed by atoms with Gasteiger partial charge in [-0.15, -0.1) is 11.3 Å². The lowest BCUT2D eigenvalue weighted by molar-refractivity contribution is 0.621. The number of nitrogens with one attached hydrogen (secondary N) is 1. The van der Waals surface area contributed by atoms with Crippen molar-refractivity contribution < 1.29 is 0 Å². The molecule has 0 radical (unpaired) electrons. The van der Waals surface area contributed by atoms with E-state index in [1.54, 1.807) is 17.5 Å². The second kappa shape index (κ2) is 6.42. The average Bonchev–Trinajstić information content (AvgIpc) is 3.14. The summed E-state index contributed by atoms with van der Waals surface area (Å²) in [6.07, 6.45) is 7.77. The first-order valence-corrected chi connectivity index (χ1v) is 7.81. The van der Waals surface area contributed by atoms with Crippen LogP contribution in [0.15, 0.2) is 43.0 Å². The first kappa shape index (κ1) is 13.7. The molecule has 3 aromatic rings. The van der Waals surface area contributed by atoms with Crippen molar-refractivity contribution in [3.05, 3.63) is 47.9 Å². The van der Waals surface area contributed by atoms with Crippen molar-refractivity contribution in [2.24, 2.45) is 0 Å². The third-order valence-electron chi connectivity index (χ3n) is 3.40. The highest BCUT2D eigenvalue weighted by Gasteiger charge is 2.10. The van der Waals surface area contributed by atoms with E-state index in [2.05, 4.69) is 33.1 Å². The molecule has 0 saturated heterocycles. The molecule has 21 heavy (non-hydrogen) atoms. The summed E-state index contributed by atoms with van der Waals surface area (Å²) in [7, 11) is 0. The van der Waals surface area contributed by atoms with Crippen LogP contribution in [-0.4, -0.2) is 16.1 Å². The van der Waals surface area contributed by atoms with E-state index >= 15 is 0 Å². The first-order chi connectivity index (χ1) is 10.4. The Morgan fingerprint density at radius 2 is 2.19 bits per heavy atom. The van der Waals surface area contributed by atoms with Gasteiger partial charge in [-0.3, -0.25) is 0 Å². The Hall–Kier alpha value is -2.32. The van der Waals surface area contributed by atoms with E-state index in [4.69, 9.17) is 0 Å². The summed E-state index contributed by atoms with van der Waals surface area (Å²) in [5.41, 5.74) is 0.987. The minimum atomic E-state index is 0.769. The van der Waals surface area contributed by atoms with Crippen molar-refractivity contribution >= 4 is 27.1 Å². The number of benzene rings is 1. The molecule has 2 heterocycles. The molecule has 106 valence electrons. The molecule has 0 saturated carbocycles. The van der Waals surface area contributed by atoms with E-state index in [-0.39, 0.29) is 0 Å². The summed E-state index contributed by atoms with van der Waals surface area (Å²) in [5, 5.41) is 13.8. The standard InChI is InChI=1S/C16H16N4S/c17-11-15-16(13-5-1-2-6-14(13)21-15)19-7-3-4-9-20-10-8-18-12-20/h1-2,5-6,8,10,12,19H,3-4,7,9H2. The predicted molar refractivity (Wildman–Crippen MR) is 86.5 cm³/mol. The van der Waals surface area contributed by atoms with Crippen LogP contribution in [0.4, 0.5) is 5.69 Å². The topological polar surface area (TPSA) is 53.6 Å². The molecule has 0 atom stereocenters. The number of hydrogen-bond donors (Lipinski definition) is 1. The third-order valence-corrected chi connectivity index (χ3v) is 4.48. The molecule has 1 aromatic carbocycles. The Labute approximate surface area is 127 Å². The average molecular weight is 296 g/mol. The highest BCUT2D eigenvalue weighted by molar-refractivity contribution is 7.20. The minimum absolute atomic E-state index is 0.769. The van der Waals surface area contributed by atoms with Gasteiger partial charge in [0.05, 0.1) is 12.0 Å². The van der Waals surface area contributed by atoms with Gasteiger partial charge in [0.1, 0.15) is 10.9 Å². The number of anilines is 1. The van der Waals surface area contributed by atoms with Crippen molar-refractivity contribution in [2.75, 3.05) is 11.9 Å². The molecule has 1 N–H and O–H groups in total. The molecule has 0 aliphatic carbocycles. The van der Waals surface area contributed by atoms with Crippen LogP contribution in [0.5, 0.6) is 0 Å². The van der Waals surface area contributed by atoms with Crippen LogP contribution in [0, 0.1) is 11.3 Å². The Kier molecular flexibility index (Phi) is 4.17. The van der Waals surface area contributed by atoms with Crippen molar-refractivity contribution in [3.8, 4) is 6.07 Å². The highest BCUT2D eigenvalue weighted by atomic mass is 32.1. The lowest BCUT2D eigenvalue weighted by Crippen LogP contribution is -2.04. The van der Waals surface area contributed by atoms with Gasteiger partial charge < -0.3 is 9.88 Å². The number of fused-ring (bicyclic) bond motifs is 1. The van der Waals surface area contributed by atoms with Gasteiger partial charge in [0.2, 0.25) is 0 Å². The molecule has 4 nitrogen and oxygen atoms in total. The summed E-state index contributed by atoms with van der Waals surface area (Å²) in [5.74, 6) is 0. The molecule has 3 rings (SSSR count). The van der Waals surface area contributed by atoms with Gasteiger partial charge in [0.15, 0.2) is 0 Å². The van der Waals surface area contributed by atoms with Crippen molar-refractivity contribution in [1.29, 1.82) is 5.26 Å². The number of aryl methyl sites for hydroxylation is 1. The van der Waals surface area contributed by atoms with Gasteiger partial charge >= 0.3 is 0 Å². The summed E-state index contributed by atoms with van der Waals surface area (Å²) >= 11 is 1.55. The molecule has 5 heteroatoms. The number of aromatic nitrogens is 2. The molecular weight excluding hydrogens is 280 g/mol. The summed E-state index contributed by atoms with van der Waals surface area (Å²) in [6, 6.07) is 10.4. The molecular formula is C16H16N4S. The predicted octanol–water partition coefficient (Wildman–Crippen LogP) is 3.86. The second-order valence-corrected chi connectivity index (χ2v) is 5.90. The smallest absolute Gasteiger partial charge is 0.129 e. The fourth-order valence-electron chi connectivity index (χ4n) is 2.35. The van der Waals surface area contributed by atoms with Gasteiger partial charge in [-0.05, 0) is 18.9 Å². The summed E-state index contributed by atoms with van der Waals surface area (Å²) in [6.45, 7) is 1.86. The number of nitrogens with zero attached hydrogens (tertiary/aromatic N) is 3. The minimum Gasteiger partial charge on any atom is -0.383 e. The maximum absolute atomic E-state index is 9.26. The molecule has 0 spiro atoms. The lowest BCUT2D eigenvalue weighted by atomic mass is 10.2. The van der Waals surface area contributed by atoms with Crippen molar-refractivity contribution in [3.63, 3.8) is 0 Å². The van der Waals surface area contributed by atoms with Crippen LogP contribution in [-0.2, 0) is 6.54 Å². The van der Waals surface area contributed by atoms with Crippen LogP contribution >= 0.6 is 11.3 Å². The quantitative estimate of drug-likeness (QED) is 0.703. The zero-order valence-corrected chi connectivity index (χ0v) is 12.4. The number of nitriles is 1. The third kappa shape index (κ3) is 3.06. The number of imidazole rings is 1. The number of hydrogen-bond acceptors (Lipinski definition) is 4. The maximum atomic E-state index is 9.26. The van der Waals surface area contributed by atoms with Crippen LogP contribution in [0.1, 0.15) is 17.7 Å². The molecule has 0 aliphatic heterocycles. The number of rotatable bonds is 6. The number of thiophene rings is 1.